The van der Waals surface area contributed by atoms with Gasteiger partial charge in [-0.2, -0.15) is 15.2 Å². The molecule has 0 bridgehead atoms. The van der Waals surface area contributed by atoms with E-state index in [2.05, 4.69) is 59.1 Å². The average Bonchev–Trinajstić information content (AvgIpc) is 3.17. The van der Waals surface area contributed by atoms with Gasteiger partial charge in [0.05, 0.1) is 6.61 Å². The molecule has 1 saturated heterocycles. The first-order valence-electron chi connectivity index (χ1n) is 13.7. The highest BCUT2D eigenvalue weighted by atomic mass is 16.5. The van der Waals surface area contributed by atoms with Crippen LogP contribution in [0.4, 0.5) is 5.82 Å². The number of anilines is 1. The van der Waals surface area contributed by atoms with E-state index < -0.39 is 5.60 Å². The zero-order chi connectivity index (χ0) is 24.7. The number of imidazole rings is 1. The summed E-state index contributed by atoms with van der Waals surface area (Å²) in [4.78, 5) is 14.4. The minimum Gasteiger partial charge on any atom is -0.365 e. The molecule has 1 unspecified atom stereocenters. The summed E-state index contributed by atoms with van der Waals surface area (Å²) in [5.74, 6) is 3.82. The lowest BCUT2D eigenvalue weighted by molar-refractivity contribution is -0.131. The van der Waals surface area contributed by atoms with Gasteiger partial charge in [0, 0.05) is 19.0 Å². The highest BCUT2D eigenvalue weighted by Crippen LogP contribution is 2.45. The van der Waals surface area contributed by atoms with E-state index in [4.69, 9.17) is 14.7 Å². The van der Waals surface area contributed by atoms with E-state index in [9.17, 15) is 5.26 Å². The standard InChI is InChI=1S/C29H36N6O/c1-19-11-13-21(14-12-19)18-35-25-26(31-20(2)22-7-6-8-22)32-24(17-30)33-27(25)34-28(35)29(15-16-36-29)23-9-4-3-5-10-23/h3-5,9-10,19-22H,6-8,11-16,18H2,1-2H3,(H,31,32,33)/t19?,20-,21?,29?/m1/s1. The topological polar surface area (TPSA) is 88.7 Å². The molecule has 7 heteroatoms. The van der Waals surface area contributed by atoms with Crippen molar-refractivity contribution in [3.8, 4) is 6.07 Å². The lowest BCUT2D eigenvalue weighted by Gasteiger charge is -2.42. The van der Waals surface area contributed by atoms with Gasteiger partial charge >= 0.3 is 0 Å². The summed E-state index contributed by atoms with van der Waals surface area (Å²) in [5.41, 5.74) is 2.04. The molecule has 1 aromatic carbocycles. The van der Waals surface area contributed by atoms with Crippen LogP contribution < -0.4 is 5.32 Å². The predicted octanol–water partition coefficient (Wildman–Crippen LogP) is 5.79. The second-order valence-corrected chi connectivity index (χ2v) is 11.3. The molecular formula is C29H36N6O. The number of fused-ring (bicyclic) bond motifs is 1. The molecule has 0 amide bonds. The van der Waals surface area contributed by atoms with Crippen molar-refractivity contribution in [2.75, 3.05) is 11.9 Å². The van der Waals surface area contributed by atoms with Gasteiger partial charge in [-0.1, -0.05) is 56.5 Å². The fourth-order valence-electron chi connectivity index (χ4n) is 6.26. The largest absolute Gasteiger partial charge is 0.365 e. The minimum absolute atomic E-state index is 0.164. The van der Waals surface area contributed by atoms with Gasteiger partial charge in [0.1, 0.15) is 17.4 Å². The highest BCUT2D eigenvalue weighted by molar-refractivity contribution is 5.85. The van der Waals surface area contributed by atoms with Crippen LogP contribution >= 0.6 is 0 Å². The van der Waals surface area contributed by atoms with Crippen molar-refractivity contribution in [2.45, 2.75) is 83.4 Å². The van der Waals surface area contributed by atoms with Crippen molar-refractivity contribution in [3.63, 3.8) is 0 Å². The Morgan fingerprint density at radius 3 is 2.47 bits per heavy atom. The van der Waals surface area contributed by atoms with Crippen molar-refractivity contribution < 1.29 is 4.74 Å². The van der Waals surface area contributed by atoms with Crippen LogP contribution in [0.5, 0.6) is 0 Å². The SMILES string of the molecule is CC1CCC(Cn2c(C3(c4ccccc4)CCO3)nc3nc(C#N)nc(N[C@H](C)C4CCC4)c32)CC1. The molecule has 188 valence electrons. The van der Waals surface area contributed by atoms with Crippen molar-refractivity contribution in [1.82, 2.24) is 19.5 Å². The minimum atomic E-state index is -0.590. The third kappa shape index (κ3) is 4.06. The molecule has 0 radical (unpaired) electrons. The molecule has 1 aliphatic heterocycles. The molecule has 2 saturated carbocycles. The first kappa shape index (κ1) is 23.4. The Hall–Kier alpha value is -2.98. The van der Waals surface area contributed by atoms with Crippen LogP contribution in [0.25, 0.3) is 11.2 Å². The molecule has 2 aliphatic carbocycles. The summed E-state index contributed by atoms with van der Waals surface area (Å²) in [5, 5.41) is 13.4. The van der Waals surface area contributed by atoms with Crippen molar-refractivity contribution in [2.24, 2.45) is 17.8 Å². The summed E-state index contributed by atoms with van der Waals surface area (Å²) in [7, 11) is 0. The first-order valence-corrected chi connectivity index (χ1v) is 13.7. The zero-order valence-corrected chi connectivity index (χ0v) is 21.4. The maximum Gasteiger partial charge on any atom is 0.236 e. The normalized spacial score (nSPS) is 27.1. The molecular weight excluding hydrogens is 448 g/mol. The Balaban J connectivity index is 1.50. The van der Waals surface area contributed by atoms with E-state index in [1.807, 2.05) is 6.07 Å². The molecule has 2 aromatic heterocycles. The Morgan fingerprint density at radius 1 is 1.11 bits per heavy atom. The van der Waals surface area contributed by atoms with E-state index >= 15 is 0 Å². The molecule has 3 aromatic rings. The summed E-state index contributed by atoms with van der Waals surface area (Å²) < 4.78 is 8.74. The van der Waals surface area contributed by atoms with Gasteiger partial charge in [-0.05, 0) is 55.9 Å². The molecule has 2 atom stereocenters. The maximum absolute atomic E-state index is 9.72. The fourth-order valence-corrected chi connectivity index (χ4v) is 6.26. The van der Waals surface area contributed by atoms with Crippen LogP contribution in [-0.4, -0.2) is 32.2 Å². The Morgan fingerprint density at radius 2 is 1.86 bits per heavy atom. The van der Waals surface area contributed by atoms with Crippen LogP contribution in [0, 0.1) is 29.1 Å². The number of nitrogens with zero attached hydrogens (tertiary/aromatic N) is 5. The fraction of sp³-hybridized carbons (Fsp3) is 0.586. The van der Waals surface area contributed by atoms with Crippen LogP contribution in [0.3, 0.4) is 0 Å². The highest BCUT2D eigenvalue weighted by Gasteiger charge is 2.47. The number of rotatable bonds is 7. The van der Waals surface area contributed by atoms with E-state index in [1.54, 1.807) is 0 Å². The third-order valence-corrected chi connectivity index (χ3v) is 8.90. The van der Waals surface area contributed by atoms with Crippen molar-refractivity contribution in [3.05, 3.63) is 47.5 Å². The van der Waals surface area contributed by atoms with Crippen LogP contribution in [0.2, 0.25) is 0 Å². The quantitative estimate of drug-likeness (QED) is 0.457. The molecule has 36 heavy (non-hydrogen) atoms. The molecule has 3 aliphatic rings. The Kier molecular flexibility index (Phi) is 6.17. The molecule has 1 N–H and O–H groups in total. The Bertz CT molecular complexity index is 1260. The van der Waals surface area contributed by atoms with Gasteiger partial charge in [0.15, 0.2) is 17.1 Å². The number of hydrogen-bond donors (Lipinski definition) is 1. The zero-order valence-electron chi connectivity index (χ0n) is 21.4. The van der Waals surface area contributed by atoms with Gasteiger partial charge < -0.3 is 14.6 Å². The summed E-state index contributed by atoms with van der Waals surface area (Å²) in [6.07, 6.45) is 9.63. The molecule has 3 fully saturated rings. The number of aromatic nitrogens is 4. The van der Waals surface area contributed by atoms with Crippen molar-refractivity contribution in [1.29, 1.82) is 5.26 Å². The number of ether oxygens (including phenoxy) is 1. The number of hydrogen-bond acceptors (Lipinski definition) is 6. The smallest absolute Gasteiger partial charge is 0.236 e. The molecule has 7 nitrogen and oxygen atoms in total. The molecule has 0 spiro atoms. The second-order valence-electron chi connectivity index (χ2n) is 11.3. The number of benzene rings is 1. The number of nitrogens with one attached hydrogen (secondary N) is 1. The van der Waals surface area contributed by atoms with Gasteiger partial charge in [-0.25, -0.2) is 4.98 Å². The average molecular weight is 485 g/mol. The summed E-state index contributed by atoms with van der Waals surface area (Å²) >= 11 is 0. The second kappa shape index (κ2) is 9.48. The maximum atomic E-state index is 9.72. The molecule has 3 heterocycles. The van der Waals surface area contributed by atoms with Crippen LogP contribution in [0.15, 0.2) is 30.3 Å². The predicted molar refractivity (Wildman–Crippen MR) is 139 cm³/mol. The van der Waals surface area contributed by atoms with E-state index in [-0.39, 0.29) is 11.9 Å². The van der Waals surface area contributed by atoms with Gasteiger partial charge in [-0.15, -0.1) is 0 Å². The number of nitriles is 1. The third-order valence-electron chi connectivity index (χ3n) is 8.90. The lowest BCUT2D eigenvalue weighted by Crippen LogP contribution is -2.44. The van der Waals surface area contributed by atoms with Gasteiger partial charge in [0.2, 0.25) is 5.82 Å². The summed E-state index contributed by atoms with van der Waals surface area (Å²) in [6, 6.07) is 12.9. The molecule has 6 rings (SSSR count). The summed E-state index contributed by atoms with van der Waals surface area (Å²) in [6.45, 7) is 6.17. The van der Waals surface area contributed by atoms with Crippen LogP contribution in [0.1, 0.15) is 82.4 Å². The Labute approximate surface area is 213 Å². The van der Waals surface area contributed by atoms with Crippen LogP contribution in [-0.2, 0) is 16.9 Å². The lowest BCUT2D eigenvalue weighted by atomic mass is 9.80. The van der Waals surface area contributed by atoms with E-state index in [0.717, 1.165) is 41.6 Å². The van der Waals surface area contributed by atoms with Gasteiger partial charge in [-0.3, -0.25) is 0 Å². The van der Waals surface area contributed by atoms with E-state index in [0.29, 0.717) is 24.1 Å². The van der Waals surface area contributed by atoms with Crippen molar-refractivity contribution >= 4 is 17.0 Å². The van der Waals surface area contributed by atoms with E-state index in [1.165, 1.54) is 44.9 Å². The monoisotopic (exact) mass is 484 g/mol. The van der Waals surface area contributed by atoms with Gasteiger partial charge in [0.25, 0.3) is 0 Å². The first-order chi connectivity index (χ1) is 17.6.